The lowest BCUT2D eigenvalue weighted by atomic mass is 9.93. The Morgan fingerprint density at radius 2 is 1.83 bits per heavy atom. The van der Waals surface area contributed by atoms with E-state index >= 15 is 0 Å². The number of rotatable bonds is 5. The molecule has 1 aromatic rings. The molecule has 2 aliphatic rings. The van der Waals surface area contributed by atoms with E-state index in [-0.39, 0.29) is 11.8 Å². The third kappa shape index (κ3) is 4.55. The lowest BCUT2D eigenvalue weighted by Crippen LogP contribution is -2.50. The Bertz CT molecular complexity index is 497. The quantitative estimate of drug-likeness (QED) is 0.903. The lowest BCUT2D eigenvalue weighted by molar-refractivity contribution is -0.123. The van der Waals surface area contributed by atoms with Gasteiger partial charge in [0.1, 0.15) is 0 Å². The van der Waals surface area contributed by atoms with Gasteiger partial charge in [0.15, 0.2) is 0 Å². The van der Waals surface area contributed by atoms with E-state index < -0.39 is 0 Å². The summed E-state index contributed by atoms with van der Waals surface area (Å²) in [6.07, 6.45) is 5.67. The van der Waals surface area contributed by atoms with Crippen LogP contribution in [0.5, 0.6) is 0 Å². The van der Waals surface area contributed by atoms with Crippen molar-refractivity contribution in [3.8, 4) is 0 Å². The van der Waals surface area contributed by atoms with Gasteiger partial charge in [0.2, 0.25) is 5.91 Å². The number of primary amides is 1. The van der Waals surface area contributed by atoms with Crippen LogP contribution in [0.1, 0.15) is 31.2 Å². The van der Waals surface area contributed by atoms with Gasteiger partial charge in [-0.2, -0.15) is 0 Å². The number of carbonyl (C=O) groups is 1. The van der Waals surface area contributed by atoms with Gasteiger partial charge in [0.05, 0.1) is 5.92 Å². The average Bonchev–Trinajstić information content (AvgIpc) is 2.61. The van der Waals surface area contributed by atoms with E-state index in [0.717, 1.165) is 38.9 Å². The maximum atomic E-state index is 11.4. The highest BCUT2D eigenvalue weighted by Gasteiger charge is 2.30. The Morgan fingerprint density at radius 3 is 2.52 bits per heavy atom. The minimum absolute atomic E-state index is 0.0693. The molecule has 0 saturated carbocycles. The molecule has 1 atom stereocenters. The number of hydrogen-bond donors (Lipinski definition) is 1. The number of likely N-dealkylation sites (tertiary alicyclic amines) is 2. The highest BCUT2D eigenvalue weighted by atomic mass is 16.1. The Morgan fingerprint density at radius 1 is 1.09 bits per heavy atom. The Balaban J connectivity index is 1.42. The van der Waals surface area contributed by atoms with Gasteiger partial charge in [-0.3, -0.25) is 9.69 Å². The van der Waals surface area contributed by atoms with Gasteiger partial charge in [-0.05, 0) is 57.3 Å². The fourth-order valence-corrected chi connectivity index (χ4v) is 4.01. The molecule has 2 saturated heterocycles. The fraction of sp³-hybridized carbons (Fsp3) is 0.632. The van der Waals surface area contributed by atoms with E-state index in [9.17, 15) is 4.79 Å². The molecule has 0 radical (unpaired) electrons. The van der Waals surface area contributed by atoms with E-state index in [1.807, 2.05) is 0 Å². The minimum Gasteiger partial charge on any atom is -0.369 e. The highest BCUT2D eigenvalue weighted by molar-refractivity contribution is 5.76. The number of carbonyl (C=O) groups excluding carboxylic acids is 1. The summed E-state index contributed by atoms with van der Waals surface area (Å²) in [5.41, 5.74) is 6.93. The summed E-state index contributed by atoms with van der Waals surface area (Å²) in [4.78, 5) is 16.5. The van der Waals surface area contributed by atoms with E-state index in [4.69, 9.17) is 5.73 Å². The van der Waals surface area contributed by atoms with Crippen LogP contribution in [-0.4, -0.2) is 54.5 Å². The van der Waals surface area contributed by atoms with Crippen molar-refractivity contribution in [3.63, 3.8) is 0 Å². The van der Waals surface area contributed by atoms with Gasteiger partial charge in [-0.1, -0.05) is 30.3 Å². The molecule has 1 aromatic carbocycles. The minimum atomic E-state index is -0.116. The van der Waals surface area contributed by atoms with E-state index in [2.05, 4.69) is 40.1 Å². The first-order chi connectivity index (χ1) is 11.2. The summed E-state index contributed by atoms with van der Waals surface area (Å²) in [6, 6.07) is 11.4. The van der Waals surface area contributed by atoms with Crippen LogP contribution in [0, 0.1) is 5.92 Å². The summed E-state index contributed by atoms with van der Waals surface area (Å²) in [7, 11) is 0. The van der Waals surface area contributed by atoms with Gasteiger partial charge < -0.3 is 10.6 Å². The maximum Gasteiger partial charge on any atom is 0.221 e. The zero-order chi connectivity index (χ0) is 16.1. The molecule has 0 spiro atoms. The maximum absolute atomic E-state index is 11.4. The standard InChI is InChI=1S/C19H29N3O/c20-19(23)17-7-4-11-22(15-17)18-9-13-21(14-10-18)12-8-16-5-2-1-3-6-16/h1-3,5-6,17-18H,4,7-15H2,(H2,20,23)/t17-/m0/s1. The molecule has 2 aliphatic heterocycles. The van der Waals surface area contributed by atoms with Crippen molar-refractivity contribution >= 4 is 5.91 Å². The molecule has 0 aliphatic carbocycles. The lowest BCUT2D eigenvalue weighted by Gasteiger charge is -2.41. The number of nitrogens with two attached hydrogens (primary N) is 1. The molecule has 2 heterocycles. The molecular weight excluding hydrogens is 286 g/mol. The van der Waals surface area contributed by atoms with Crippen molar-refractivity contribution < 1.29 is 4.79 Å². The third-order valence-corrected chi connectivity index (χ3v) is 5.49. The zero-order valence-electron chi connectivity index (χ0n) is 14.0. The second-order valence-electron chi connectivity index (χ2n) is 7.04. The molecule has 4 nitrogen and oxygen atoms in total. The van der Waals surface area contributed by atoms with E-state index in [1.165, 1.54) is 31.5 Å². The molecule has 4 heteroatoms. The van der Waals surface area contributed by atoms with Gasteiger partial charge in [-0.25, -0.2) is 0 Å². The van der Waals surface area contributed by atoms with Crippen molar-refractivity contribution in [2.45, 2.75) is 38.1 Å². The van der Waals surface area contributed by atoms with E-state index in [0.29, 0.717) is 6.04 Å². The Kier molecular flexibility index (Phi) is 5.68. The molecule has 0 aromatic heterocycles. The van der Waals surface area contributed by atoms with Gasteiger partial charge in [0, 0.05) is 19.1 Å². The first-order valence-corrected chi connectivity index (χ1v) is 9.02. The highest BCUT2D eigenvalue weighted by Crippen LogP contribution is 2.23. The number of hydrogen-bond acceptors (Lipinski definition) is 3. The molecule has 2 fully saturated rings. The van der Waals surface area contributed by atoms with Gasteiger partial charge >= 0.3 is 0 Å². The molecule has 3 rings (SSSR count). The number of nitrogens with zero attached hydrogens (tertiary/aromatic N) is 2. The second-order valence-corrected chi connectivity index (χ2v) is 7.04. The predicted octanol–water partition coefficient (Wildman–Crippen LogP) is 1.89. The van der Waals surface area contributed by atoms with Crippen LogP contribution < -0.4 is 5.73 Å². The Hall–Kier alpha value is -1.39. The van der Waals surface area contributed by atoms with Crippen LogP contribution in [0.15, 0.2) is 30.3 Å². The SMILES string of the molecule is NC(=O)[C@H]1CCCN(C2CCN(CCc3ccccc3)CC2)C1. The predicted molar refractivity (Wildman–Crippen MR) is 93.1 cm³/mol. The molecule has 2 N–H and O–H groups in total. The van der Waals surface area contributed by atoms with Crippen LogP contribution in [0.2, 0.25) is 0 Å². The fourth-order valence-electron chi connectivity index (χ4n) is 4.01. The number of benzene rings is 1. The van der Waals surface area contributed by atoms with Crippen LogP contribution in [-0.2, 0) is 11.2 Å². The first kappa shape index (κ1) is 16.5. The van der Waals surface area contributed by atoms with Gasteiger partial charge in [0.25, 0.3) is 0 Å². The summed E-state index contributed by atoms with van der Waals surface area (Å²) in [5.74, 6) is -0.0464. The van der Waals surface area contributed by atoms with Gasteiger partial charge in [-0.15, -0.1) is 0 Å². The number of amides is 1. The molecule has 1 amide bonds. The Labute approximate surface area is 139 Å². The normalized spacial score (nSPS) is 24.6. The molecule has 126 valence electrons. The first-order valence-electron chi connectivity index (χ1n) is 9.02. The van der Waals surface area contributed by atoms with Crippen LogP contribution >= 0.6 is 0 Å². The zero-order valence-corrected chi connectivity index (χ0v) is 14.0. The molecular formula is C19H29N3O. The van der Waals surface area contributed by atoms with Crippen LogP contribution in [0.25, 0.3) is 0 Å². The number of piperidine rings is 2. The molecule has 23 heavy (non-hydrogen) atoms. The summed E-state index contributed by atoms with van der Waals surface area (Å²) < 4.78 is 0. The summed E-state index contributed by atoms with van der Waals surface area (Å²) >= 11 is 0. The van der Waals surface area contributed by atoms with Crippen molar-refractivity contribution in [1.29, 1.82) is 0 Å². The summed E-state index contributed by atoms with van der Waals surface area (Å²) in [5, 5.41) is 0. The third-order valence-electron chi connectivity index (χ3n) is 5.49. The molecule has 0 unspecified atom stereocenters. The average molecular weight is 315 g/mol. The van der Waals surface area contributed by atoms with Crippen LogP contribution in [0.3, 0.4) is 0 Å². The van der Waals surface area contributed by atoms with Crippen molar-refractivity contribution in [1.82, 2.24) is 9.80 Å². The van der Waals surface area contributed by atoms with Crippen molar-refractivity contribution in [2.24, 2.45) is 11.7 Å². The largest absolute Gasteiger partial charge is 0.369 e. The smallest absolute Gasteiger partial charge is 0.221 e. The topological polar surface area (TPSA) is 49.6 Å². The summed E-state index contributed by atoms with van der Waals surface area (Å²) in [6.45, 7) is 5.52. The van der Waals surface area contributed by atoms with Crippen molar-refractivity contribution in [3.05, 3.63) is 35.9 Å². The van der Waals surface area contributed by atoms with Crippen LogP contribution in [0.4, 0.5) is 0 Å². The van der Waals surface area contributed by atoms with E-state index in [1.54, 1.807) is 0 Å². The second kappa shape index (κ2) is 7.93. The monoisotopic (exact) mass is 315 g/mol. The molecule has 0 bridgehead atoms. The van der Waals surface area contributed by atoms with Crippen molar-refractivity contribution in [2.75, 3.05) is 32.7 Å².